The summed E-state index contributed by atoms with van der Waals surface area (Å²) in [5.74, 6) is 0. The summed E-state index contributed by atoms with van der Waals surface area (Å²) < 4.78 is 0. The van der Waals surface area contributed by atoms with Gasteiger partial charge < -0.3 is 0 Å². The third kappa shape index (κ3) is 5.74. The number of rotatable bonds is 3. The van der Waals surface area contributed by atoms with E-state index in [2.05, 4.69) is 32.4 Å². The van der Waals surface area contributed by atoms with Crippen LogP contribution < -0.4 is 0 Å². The molecule has 0 aromatic rings. The zero-order valence-corrected chi connectivity index (χ0v) is 5.15. The highest BCUT2D eigenvalue weighted by Gasteiger charge is 1.68. The molecule has 0 amide bonds. The second kappa shape index (κ2) is 5.74. The van der Waals surface area contributed by atoms with Gasteiger partial charge in [-0.2, -0.15) is 0 Å². The molecule has 0 nitrogen and oxygen atoms in total. The van der Waals surface area contributed by atoms with Gasteiger partial charge in [0.05, 0.1) is 0 Å². The average Bonchev–Trinajstić information content (AvgIpc) is 1.69. The molecule has 0 saturated heterocycles. The predicted octanol–water partition coefficient (Wildman–Crippen LogP) is 2.57. The van der Waals surface area contributed by atoms with E-state index in [1.807, 2.05) is 0 Å². The van der Waals surface area contributed by atoms with E-state index in [4.69, 9.17) is 0 Å². The van der Waals surface area contributed by atoms with Gasteiger partial charge in [0.1, 0.15) is 0 Å². The van der Waals surface area contributed by atoms with Gasteiger partial charge in [-0.05, 0) is 19.3 Å². The number of unbranched alkanes of at least 4 members (excludes halogenated alkanes) is 1. The van der Waals surface area contributed by atoms with Crippen molar-refractivity contribution in [2.75, 3.05) is 0 Å². The van der Waals surface area contributed by atoms with Gasteiger partial charge in [0.25, 0.3) is 0 Å². The smallest absolute Gasteiger partial charge is 0.0322 e. The van der Waals surface area contributed by atoms with E-state index in [0.29, 0.717) is 0 Å². The van der Waals surface area contributed by atoms with Crippen LogP contribution in [0.5, 0.6) is 0 Å². The second-order valence-electron chi connectivity index (χ2n) is 1.52. The van der Waals surface area contributed by atoms with E-state index in [-0.39, 0.29) is 0 Å². The highest BCUT2D eigenvalue weighted by atomic mass is 13.7. The van der Waals surface area contributed by atoms with E-state index in [9.17, 15) is 0 Å². The van der Waals surface area contributed by atoms with Gasteiger partial charge in [0.15, 0.2) is 0 Å². The summed E-state index contributed by atoms with van der Waals surface area (Å²) in [6, 6.07) is 0. The molecular weight excluding hydrogens is 84.1 g/mol. The first kappa shape index (κ1) is 6.74. The summed E-state index contributed by atoms with van der Waals surface area (Å²) in [5, 5.41) is 0. The number of hydrogen-bond donors (Lipinski definition) is 0. The van der Waals surface area contributed by atoms with E-state index in [1.165, 1.54) is 0 Å². The molecule has 0 unspecified atom stereocenters. The monoisotopic (exact) mass is 97.1 g/mol. The lowest BCUT2D eigenvalue weighted by molar-refractivity contribution is 1.16. The average molecular weight is 97.2 g/mol. The molecule has 0 rings (SSSR count). The molecular formula is C7H13. The van der Waals surface area contributed by atoms with Gasteiger partial charge in [-0.1, -0.05) is 26.0 Å². The first-order chi connectivity index (χ1) is 3.41. The second-order valence-corrected chi connectivity index (χ2v) is 1.52. The molecule has 41 valence electrons. The Bertz CT molecular complexity index is 44.0. The van der Waals surface area contributed by atoms with Crippen molar-refractivity contribution in [2.45, 2.75) is 26.7 Å². The zero-order chi connectivity index (χ0) is 5.54. The topological polar surface area (TPSA) is 0 Å². The normalized spacial score (nSPS) is 10.6. The molecule has 0 heteroatoms. The molecule has 0 atom stereocenters. The van der Waals surface area contributed by atoms with Gasteiger partial charge in [-0.15, -0.1) is 0 Å². The molecule has 0 saturated carbocycles. The summed E-state index contributed by atoms with van der Waals surface area (Å²) in [6.07, 6.45) is 8.79. The fourth-order valence-electron chi connectivity index (χ4n) is 0.399. The van der Waals surface area contributed by atoms with Crippen LogP contribution in [0, 0.1) is 6.42 Å². The molecule has 0 aliphatic carbocycles. The summed E-state index contributed by atoms with van der Waals surface area (Å²) in [5.41, 5.74) is 0. The standard InChI is InChI=1S/C7H13/c1-3-5-7-6-4-2/h3,6-7H,4-5H2,1-2H3/b7-6+. The molecule has 0 aliphatic heterocycles. The molecule has 0 fully saturated rings. The highest BCUT2D eigenvalue weighted by molar-refractivity contribution is 4.83. The lowest BCUT2D eigenvalue weighted by atomic mass is 10.3. The van der Waals surface area contributed by atoms with E-state index in [0.717, 1.165) is 12.8 Å². The number of hydrogen-bond acceptors (Lipinski definition) is 0. The minimum atomic E-state index is 1.12. The SMILES string of the molecule is C[CH]C/C=C/CC. The summed E-state index contributed by atoms with van der Waals surface area (Å²) >= 11 is 0. The van der Waals surface area contributed by atoms with Crippen LogP contribution in [-0.2, 0) is 0 Å². The third-order valence-corrected chi connectivity index (χ3v) is 0.774. The Morgan fingerprint density at radius 1 is 1.29 bits per heavy atom. The fraction of sp³-hybridized carbons (Fsp3) is 0.571. The molecule has 0 bridgehead atoms. The van der Waals surface area contributed by atoms with Gasteiger partial charge >= 0.3 is 0 Å². The zero-order valence-electron chi connectivity index (χ0n) is 5.15. The Hall–Kier alpha value is -0.260. The van der Waals surface area contributed by atoms with Crippen LogP contribution in [0.15, 0.2) is 12.2 Å². The van der Waals surface area contributed by atoms with Gasteiger partial charge in [-0.3, -0.25) is 0 Å². The van der Waals surface area contributed by atoms with E-state index in [1.54, 1.807) is 0 Å². The maximum absolute atomic E-state index is 2.18. The maximum atomic E-state index is 2.18. The van der Waals surface area contributed by atoms with Crippen LogP contribution >= 0.6 is 0 Å². The van der Waals surface area contributed by atoms with Crippen molar-refractivity contribution in [1.82, 2.24) is 0 Å². The first-order valence-electron chi connectivity index (χ1n) is 2.84. The summed E-state index contributed by atoms with van der Waals surface area (Å²) in [4.78, 5) is 0. The maximum Gasteiger partial charge on any atom is -0.0322 e. The van der Waals surface area contributed by atoms with Crippen LogP contribution in [0.1, 0.15) is 26.7 Å². The van der Waals surface area contributed by atoms with Gasteiger partial charge in [0, 0.05) is 0 Å². The molecule has 0 aliphatic rings. The molecule has 1 radical (unpaired) electrons. The fourth-order valence-corrected chi connectivity index (χ4v) is 0.399. The van der Waals surface area contributed by atoms with Crippen LogP contribution in [-0.4, -0.2) is 0 Å². The number of allylic oxidation sites excluding steroid dienone is 2. The Labute approximate surface area is 46.2 Å². The lowest BCUT2D eigenvalue weighted by Gasteiger charge is -1.79. The molecule has 0 spiro atoms. The minimum Gasteiger partial charge on any atom is -0.0888 e. The van der Waals surface area contributed by atoms with Crippen molar-refractivity contribution in [2.24, 2.45) is 0 Å². The third-order valence-electron chi connectivity index (χ3n) is 0.774. The van der Waals surface area contributed by atoms with Gasteiger partial charge in [0.2, 0.25) is 0 Å². The first-order valence-corrected chi connectivity index (χ1v) is 2.84. The van der Waals surface area contributed by atoms with Crippen LogP contribution in [0.25, 0.3) is 0 Å². The molecule has 0 aromatic carbocycles. The summed E-state index contributed by atoms with van der Waals surface area (Å²) in [6.45, 7) is 4.21. The minimum absolute atomic E-state index is 1.12. The van der Waals surface area contributed by atoms with Crippen molar-refractivity contribution < 1.29 is 0 Å². The van der Waals surface area contributed by atoms with Gasteiger partial charge in [-0.25, -0.2) is 0 Å². The van der Waals surface area contributed by atoms with E-state index >= 15 is 0 Å². The molecule has 0 heterocycles. The molecule has 0 N–H and O–H groups in total. The molecule has 0 aromatic heterocycles. The van der Waals surface area contributed by atoms with Crippen molar-refractivity contribution in [3.63, 3.8) is 0 Å². The van der Waals surface area contributed by atoms with Crippen LogP contribution in [0.4, 0.5) is 0 Å². The van der Waals surface area contributed by atoms with Crippen LogP contribution in [0.2, 0.25) is 0 Å². The Kier molecular flexibility index (Phi) is 5.53. The highest BCUT2D eigenvalue weighted by Crippen LogP contribution is 1.87. The quantitative estimate of drug-likeness (QED) is 0.475. The van der Waals surface area contributed by atoms with Crippen molar-refractivity contribution >= 4 is 0 Å². The lowest BCUT2D eigenvalue weighted by Crippen LogP contribution is -1.60. The Morgan fingerprint density at radius 3 is 2.43 bits per heavy atom. The molecule has 7 heavy (non-hydrogen) atoms. The predicted molar refractivity (Wildman–Crippen MR) is 34.0 cm³/mol. The van der Waals surface area contributed by atoms with E-state index < -0.39 is 0 Å². The Morgan fingerprint density at radius 2 is 2.00 bits per heavy atom. The van der Waals surface area contributed by atoms with Crippen LogP contribution in [0.3, 0.4) is 0 Å². The van der Waals surface area contributed by atoms with Crippen molar-refractivity contribution in [3.05, 3.63) is 18.6 Å². The largest absolute Gasteiger partial charge is 0.0888 e. The summed E-state index contributed by atoms with van der Waals surface area (Å²) in [7, 11) is 0. The Balaban J connectivity index is 2.78. The van der Waals surface area contributed by atoms with Crippen molar-refractivity contribution in [1.29, 1.82) is 0 Å². The van der Waals surface area contributed by atoms with Crippen molar-refractivity contribution in [3.8, 4) is 0 Å².